The SMILES string of the molecule is Cc1cc(C(F)(F)F)nn1CCc1nc(-c2cccs2)no1. The Morgan fingerprint density at radius 3 is 2.82 bits per heavy atom. The Kier molecular flexibility index (Phi) is 3.73. The van der Waals surface area contributed by atoms with Crippen molar-refractivity contribution in [3.63, 3.8) is 0 Å². The van der Waals surface area contributed by atoms with Crippen LogP contribution in [0.3, 0.4) is 0 Å². The Morgan fingerprint density at radius 2 is 2.18 bits per heavy atom. The van der Waals surface area contributed by atoms with E-state index in [1.807, 2.05) is 17.5 Å². The van der Waals surface area contributed by atoms with Crippen molar-refractivity contribution in [1.29, 1.82) is 0 Å². The first kappa shape index (κ1) is 14.8. The van der Waals surface area contributed by atoms with Gasteiger partial charge in [0.1, 0.15) is 0 Å². The molecule has 0 spiro atoms. The lowest BCUT2D eigenvalue weighted by Gasteiger charge is -2.02. The predicted octanol–water partition coefficient (Wildman–Crippen LogP) is 3.56. The monoisotopic (exact) mass is 328 g/mol. The first-order valence-corrected chi connectivity index (χ1v) is 7.29. The van der Waals surface area contributed by atoms with Gasteiger partial charge in [-0.3, -0.25) is 4.68 Å². The molecule has 0 N–H and O–H groups in total. The van der Waals surface area contributed by atoms with E-state index < -0.39 is 11.9 Å². The second kappa shape index (κ2) is 5.56. The van der Waals surface area contributed by atoms with Crippen molar-refractivity contribution in [2.45, 2.75) is 26.1 Å². The van der Waals surface area contributed by atoms with Crippen molar-refractivity contribution in [2.24, 2.45) is 0 Å². The molecular formula is C13H11F3N4OS. The second-order valence-corrected chi connectivity index (χ2v) is 5.58. The lowest BCUT2D eigenvalue weighted by atomic mass is 10.3. The molecule has 22 heavy (non-hydrogen) atoms. The fourth-order valence-corrected chi connectivity index (χ4v) is 2.59. The van der Waals surface area contributed by atoms with Gasteiger partial charge in [0.25, 0.3) is 0 Å². The third kappa shape index (κ3) is 3.03. The van der Waals surface area contributed by atoms with Crippen LogP contribution in [0.1, 0.15) is 17.3 Å². The van der Waals surface area contributed by atoms with Crippen LogP contribution in [-0.2, 0) is 19.1 Å². The second-order valence-electron chi connectivity index (χ2n) is 4.63. The molecule has 3 aromatic heterocycles. The van der Waals surface area contributed by atoms with Gasteiger partial charge < -0.3 is 4.52 Å². The van der Waals surface area contributed by atoms with Crippen molar-refractivity contribution in [3.05, 3.63) is 40.9 Å². The molecule has 0 aromatic carbocycles. The number of hydrogen-bond acceptors (Lipinski definition) is 5. The summed E-state index contributed by atoms with van der Waals surface area (Å²) in [6.07, 6.45) is -4.12. The van der Waals surface area contributed by atoms with E-state index in [1.165, 1.54) is 16.0 Å². The zero-order valence-electron chi connectivity index (χ0n) is 11.5. The Balaban J connectivity index is 1.69. The Bertz CT molecular complexity index is 761. The molecule has 0 fully saturated rings. The maximum absolute atomic E-state index is 12.6. The molecule has 0 bridgehead atoms. The van der Waals surface area contributed by atoms with Crippen LogP contribution >= 0.6 is 11.3 Å². The van der Waals surface area contributed by atoms with Gasteiger partial charge in [0, 0.05) is 18.7 Å². The summed E-state index contributed by atoms with van der Waals surface area (Å²) >= 11 is 1.48. The van der Waals surface area contributed by atoms with Gasteiger partial charge in [-0.2, -0.15) is 23.3 Å². The van der Waals surface area contributed by atoms with Crippen LogP contribution in [-0.4, -0.2) is 19.9 Å². The van der Waals surface area contributed by atoms with Gasteiger partial charge in [-0.25, -0.2) is 0 Å². The number of alkyl halides is 3. The van der Waals surface area contributed by atoms with Crippen molar-refractivity contribution in [3.8, 4) is 10.7 Å². The number of halogens is 3. The molecule has 0 aliphatic rings. The number of hydrogen-bond donors (Lipinski definition) is 0. The van der Waals surface area contributed by atoms with E-state index in [0.717, 1.165) is 10.9 Å². The number of nitrogens with zero attached hydrogens (tertiary/aromatic N) is 4. The zero-order valence-corrected chi connectivity index (χ0v) is 12.3. The quantitative estimate of drug-likeness (QED) is 0.735. The number of aryl methyl sites for hydroxylation is 3. The largest absolute Gasteiger partial charge is 0.435 e. The summed E-state index contributed by atoms with van der Waals surface area (Å²) in [6.45, 7) is 1.82. The summed E-state index contributed by atoms with van der Waals surface area (Å²) < 4.78 is 44.2. The molecule has 0 aliphatic heterocycles. The Morgan fingerprint density at radius 1 is 1.36 bits per heavy atom. The molecule has 0 atom stereocenters. The van der Waals surface area contributed by atoms with Crippen LogP contribution in [0, 0.1) is 6.92 Å². The molecular weight excluding hydrogens is 317 g/mol. The van der Waals surface area contributed by atoms with Crippen molar-refractivity contribution in [1.82, 2.24) is 19.9 Å². The van der Waals surface area contributed by atoms with Crippen molar-refractivity contribution < 1.29 is 17.7 Å². The summed E-state index contributed by atoms with van der Waals surface area (Å²) in [4.78, 5) is 5.10. The van der Waals surface area contributed by atoms with E-state index >= 15 is 0 Å². The summed E-state index contributed by atoms with van der Waals surface area (Å²) in [6, 6.07) is 4.76. The molecule has 116 valence electrons. The van der Waals surface area contributed by atoms with E-state index in [4.69, 9.17) is 4.52 Å². The molecule has 5 nitrogen and oxygen atoms in total. The molecule has 0 unspecified atom stereocenters. The minimum Gasteiger partial charge on any atom is -0.339 e. The van der Waals surface area contributed by atoms with E-state index in [9.17, 15) is 13.2 Å². The van der Waals surface area contributed by atoms with Crippen molar-refractivity contribution >= 4 is 11.3 Å². The maximum atomic E-state index is 12.6. The molecule has 0 radical (unpaired) electrons. The minimum absolute atomic E-state index is 0.244. The van der Waals surface area contributed by atoms with Crippen LogP contribution in [0.4, 0.5) is 13.2 Å². The van der Waals surface area contributed by atoms with Crippen LogP contribution in [0.5, 0.6) is 0 Å². The number of thiophene rings is 1. The van der Waals surface area contributed by atoms with Gasteiger partial charge in [0.05, 0.1) is 4.88 Å². The van der Waals surface area contributed by atoms with Crippen LogP contribution in [0.15, 0.2) is 28.1 Å². The number of rotatable bonds is 4. The van der Waals surface area contributed by atoms with Crippen LogP contribution < -0.4 is 0 Å². The average molecular weight is 328 g/mol. The van der Waals surface area contributed by atoms with Gasteiger partial charge in [0.15, 0.2) is 5.69 Å². The van der Waals surface area contributed by atoms with Gasteiger partial charge in [0.2, 0.25) is 11.7 Å². The third-order valence-corrected chi connectivity index (χ3v) is 3.88. The molecule has 0 aliphatic carbocycles. The molecule has 3 heterocycles. The third-order valence-electron chi connectivity index (χ3n) is 3.02. The highest BCUT2D eigenvalue weighted by Crippen LogP contribution is 2.28. The highest BCUT2D eigenvalue weighted by Gasteiger charge is 2.34. The first-order valence-electron chi connectivity index (χ1n) is 6.41. The van der Waals surface area contributed by atoms with Gasteiger partial charge in [-0.15, -0.1) is 11.3 Å². The van der Waals surface area contributed by atoms with E-state index in [1.54, 1.807) is 6.92 Å². The average Bonchev–Trinajstić information content (AvgIpc) is 3.16. The summed E-state index contributed by atoms with van der Waals surface area (Å²) in [5.41, 5.74) is -0.458. The molecule has 0 saturated carbocycles. The molecule has 0 amide bonds. The molecule has 0 saturated heterocycles. The lowest BCUT2D eigenvalue weighted by molar-refractivity contribution is -0.141. The lowest BCUT2D eigenvalue weighted by Crippen LogP contribution is -2.09. The fraction of sp³-hybridized carbons (Fsp3) is 0.308. The summed E-state index contributed by atoms with van der Waals surface area (Å²) in [5.74, 6) is 0.852. The zero-order chi connectivity index (χ0) is 15.7. The predicted molar refractivity (Wildman–Crippen MR) is 73.3 cm³/mol. The van der Waals surface area contributed by atoms with Crippen molar-refractivity contribution in [2.75, 3.05) is 0 Å². The summed E-state index contributed by atoms with van der Waals surface area (Å²) in [7, 11) is 0. The van der Waals surface area contributed by atoms with Crippen LogP contribution in [0.25, 0.3) is 10.7 Å². The van der Waals surface area contributed by atoms with E-state index in [2.05, 4.69) is 15.2 Å². The highest BCUT2D eigenvalue weighted by molar-refractivity contribution is 7.13. The standard InChI is InChI=1S/C13H11F3N4OS/c1-8-7-10(13(14,15)16)18-20(8)5-4-11-17-12(19-21-11)9-3-2-6-22-9/h2-3,6-7H,4-5H2,1H3. The Labute approximate surface area is 127 Å². The normalized spacial score (nSPS) is 12.0. The molecule has 3 aromatic rings. The number of aromatic nitrogens is 4. The van der Waals surface area contributed by atoms with E-state index in [-0.39, 0.29) is 6.54 Å². The van der Waals surface area contributed by atoms with Gasteiger partial charge in [-0.05, 0) is 24.4 Å². The topological polar surface area (TPSA) is 56.7 Å². The first-order chi connectivity index (χ1) is 10.4. The minimum atomic E-state index is -4.44. The van der Waals surface area contributed by atoms with E-state index in [0.29, 0.717) is 23.8 Å². The maximum Gasteiger partial charge on any atom is 0.435 e. The highest BCUT2D eigenvalue weighted by atomic mass is 32.1. The fourth-order valence-electron chi connectivity index (χ4n) is 1.94. The molecule has 9 heteroatoms. The van der Waals surface area contributed by atoms with Crippen LogP contribution in [0.2, 0.25) is 0 Å². The Hall–Kier alpha value is -2.16. The molecule has 3 rings (SSSR count). The smallest absolute Gasteiger partial charge is 0.339 e. The van der Waals surface area contributed by atoms with Gasteiger partial charge >= 0.3 is 6.18 Å². The summed E-state index contributed by atoms with van der Waals surface area (Å²) in [5, 5.41) is 9.31. The van der Waals surface area contributed by atoms with Gasteiger partial charge in [-0.1, -0.05) is 11.2 Å².